The first-order valence-electron chi connectivity index (χ1n) is 8.56. The Morgan fingerprint density at radius 1 is 1.29 bits per heavy atom. The molecule has 2 N–H and O–H groups in total. The quantitative estimate of drug-likeness (QED) is 0.779. The number of ether oxygens (including phenoxy) is 1. The van der Waals surface area contributed by atoms with Crippen molar-refractivity contribution in [1.82, 2.24) is 20.1 Å². The van der Waals surface area contributed by atoms with Crippen LogP contribution in [0.1, 0.15) is 30.1 Å². The number of amides is 1. The van der Waals surface area contributed by atoms with Crippen molar-refractivity contribution in [3.63, 3.8) is 0 Å². The molecule has 0 spiro atoms. The maximum absolute atomic E-state index is 12.2. The zero-order valence-corrected chi connectivity index (χ0v) is 15.9. The number of hydrogen-bond acceptors (Lipinski definition) is 5. The van der Waals surface area contributed by atoms with E-state index in [1.165, 1.54) is 28.9 Å². The zero-order chi connectivity index (χ0) is 19.4. The zero-order valence-electron chi connectivity index (χ0n) is 15.1. The number of piperidine rings is 1. The van der Waals surface area contributed by atoms with E-state index in [0.717, 1.165) is 25.9 Å². The van der Waals surface area contributed by atoms with Crippen LogP contribution in [-0.2, 0) is 18.3 Å². The first-order valence-corrected chi connectivity index (χ1v) is 8.56. The monoisotopic (exact) mass is 419 g/mol. The van der Waals surface area contributed by atoms with E-state index in [1.807, 2.05) is 0 Å². The number of carbonyl (C=O) groups is 1. The molecule has 28 heavy (non-hydrogen) atoms. The summed E-state index contributed by atoms with van der Waals surface area (Å²) in [5.41, 5.74) is 0.558. The second kappa shape index (κ2) is 9.24. The lowest BCUT2D eigenvalue weighted by molar-refractivity contribution is -0.274. The molecule has 1 saturated heterocycles. The topological polar surface area (TPSA) is 81.1 Å². The Bertz CT molecular complexity index is 789. The minimum Gasteiger partial charge on any atom is -0.406 e. The molecule has 0 aliphatic carbocycles. The van der Waals surface area contributed by atoms with Crippen molar-refractivity contribution in [2.24, 2.45) is 7.05 Å². The number of nitrogens with zero attached hydrogens (tertiary/aromatic N) is 3. The van der Waals surface area contributed by atoms with Crippen LogP contribution in [0.4, 0.5) is 19.1 Å². The van der Waals surface area contributed by atoms with E-state index in [4.69, 9.17) is 0 Å². The Morgan fingerprint density at radius 2 is 1.93 bits per heavy atom. The van der Waals surface area contributed by atoms with Crippen LogP contribution in [0.5, 0.6) is 5.75 Å². The van der Waals surface area contributed by atoms with Crippen LogP contribution in [0.2, 0.25) is 0 Å². The fraction of sp³-hybridized carbons (Fsp3) is 0.471. The molecule has 11 heteroatoms. The highest BCUT2D eigenvalue weighted by molar-refractivity contribution is 5.90. The highest BCUT2D eigenvalue weighted by Gasteiger charge is 2.31. The Hall–Kier alpha value is -2.33. The van der Waals surface area contributed by atoms with Gasteiger partial charge in [0.25, 0.3) is 0 Å². The number of anilines is 1. The minimum atomic E-state index is -4.74. The van der Waals surface area contributed by atoms with Gasteiger partial charge in [0, 0.05) is 13.0 Å². The van der Waals surface area contributed by atoms with Crippen LogP contribution in [0, 0.1) is 0 Å². The first kappa shape index (κ1) is 22.0. The molecule has 154 valence electrons. The van der Waals surface area contributed by atoms with Gasteiger partial charge in [-0.2, -0.15) is 10.1 Å². The van der Waals surface area contributed by atoms with Crippen molar-refractivity contribution in [2.45, 2.75) is 31.5 Å². The SMILES string of the molecule is Cl.Cn1nc(C2CCNCC2)nc1NC(=O)Cc1ccc(OC(F)(F)F)cc1. The number of rotatable bonds is 5. The maximum atomic E-state index is 12.2. The molecule has 3 rings (SSSR count). The summed E-state index contributed by atoms with van der Waals surface area (Å²) in [5, 5.41) is 10.4. The lowest BCUT2D eigenvalue weighted by Gasteiger charge is -2.19. The van der Waals surface area contributed by atoms with E-state index in [0.29, 0.717) is 17.3 Å². The normalized spacial score (nSPS) is 15.0. The van der Waals surface area contributed by atoms with E-state index in [2.05, 4.69) is 25.5 Å². The van der Waals surface area contributed by atoms with E-state index < -0.39 is 6.36 Å². The Labute approximate surface area is 166 Å². The van der Waals surface area contributed by atoms with E-state index in [9.17, 15) is 18.0 Å². The standard InChI is InChI=1S/C17H20F3N5O2.ClH/c1-25-16(23-15(24-25)12-6-8-21-9-7-12)22-14(26)10-11-2-4-13(5-3-11)27-17(18,19)20;/h2-5,12,21H,6-10H2,1H3,(H,22,23,24,26);1H. The van der Waals surface area contributed by atoms with Gasteiger partial charge in [0.15, 0.2) is 5.82 Å². The summed E-state index contributed by atoms with van der Waals surface area (Å²) < 4.78 is 41.8. The molecule has 1 fully saturated rings. The van der Waals surface area contributed by atoms with Gasteiger partial charge in [0.2, 0.25) is 11.9 Å². The Morgan fingerprint density at radius 3 is 2.54 bits per heavy atom. The number of aryl methyl sites for hydroxylation is 1. The third-order valence-electron chi connectivity index (χ3n) is 4.26. The van der Waals surface area contributed by atoms with Crippen LogP contribution in [-0.4, -0.2) is 40.1 Å². The van der Waals surface area contributed by atoms with Crippen LogP contribution >= 0.6 is 12.4 Å². The van der Waals surface area contributed by atoms with Gasteiger partial charge in [0.1, 0.15) is 5.75 Å². The Kier molecular flexibility index (Phi) is 7.25. The van der Waals surface area contributed by atoms with Crippen LogP contribution in [0.25, 0.3) is 0 Å². The Balaban J connectivity index is 0.00000280. The molecule has 0 bridgehead atoms. The van der Waals surface area contributed by atoms with Gasteiger partial charge in [-0.25, -0.2) is 4.68 Å². The molecule has 1 aromatic heterocycles. The summed E-state index contributed by atoms with van der Waals surface area (Å²) in [5.74, 6) is 0.677. The van der Waals surface area contributed by atoms with Crippen LogP contribution < -0.4 is 15.4 Å². The van der Waals surface area contributed by atoms with Crippen LogP contribution in [0.3, 0.4) is 0 Å². The number of hydrogen-bond donors (Lipinski definition) is 2. The smallest absolute Gasteiger partial charge is 0.406 e. The van der Waals surface area contributed by atoms with Gasteiger partial charge in [-0.3, -0.25) is 10.1 Å². The summed E-state index contributed by atoms with van der Waals surface area (Å²) in [6.07, 6.45) is -2.84. The molecular formula is C17H21ClF3N5O2. The van der Waals surface area contributed by atoms with Crippen molar-refractivity contribution in [2.75, 3.05) is 18.4 Å². The molecule has 0 radical (unpaired) electrons. The molecule has 1 aliphatic rings. The number of aromatic nitrogens is 3. The van der Waals surface area contributed by atoms with Gasteiger partial charge in [-0.15, -0.1) is 25.6 Å². The fourth-order valence-corrected chi connectivity index (χ4v) is 2.93. The molecule has 1 aliphatic heterocycles. The van der Waals surface area contributed by atoms with Gasteiger partial charge < -0.3 is 10.1 Å². The molecule has 2 heterocycles. The highest BCUT2D eigenvalue weighted by atomic mass is 35.5. The number of nitrogens with one attached hydrogen (secondary N) is 2. The summed E-state index contributed by atoms with van der Waals surface area (Å²) in [6, 6.07) is 5.18. The molecule has 7 nitrogen and oxygen atoms in total. The highest BCUT2D eigenvalue weighted by Crippen LogP contribution is 2.24. The molecule has 0 atom stereocenters. The number of carbonyl (C=O) groups excluding carboxylic acids is 1. The van der Waals surface area contributed by atoms with E-state index in [-0.39, 0.29) is 36.4 Å². The van der Waals surface area contributed by atoms with Crippen molar-refractivity contribution in [1.29, 1.82) is 0 Å². The number of benzene rings is 1. The predicted molar refractivity (Wildman–Crippen MR) is 98.6 cm³/mol. The largest absolute Gasteiger partial charge is 0.573 e. The van der Waals surface area contributed by atoms with Crippen molar-refractivity contribution in [3.8, 4) is 5.75 Å². The van der Waals surface area contributed by atoms with Gasteiger partial charge >= 0.3 is 6.36 Å². The van der Waals surface area contributed by atoms with Gasteiger partial charge in [-0.1, -0.05) is 12.1 Å². The maximum Gasteiger partial charge on any atom is 0.573 e. The average molecular weight is 420 g/mol. The number of halogens is 4. The summed E-state index contributed by atoms with van der Waals surface area (Å²) in [4.78, 5) is 16.6. The predicted octanol–water partition coefficient (Wildman–Crippen LogP) is 2.78. The van der Waals surface area contributed by atoms with Crippen molar-refractivity contribution >= 4 is 24.3 Å². The van der Waals surface area contributed by atoms with E-state index in [1.54, 1.807) is 7.05 Å². The van der Waals surface area contributed by atoms with Crippen molar-refractivity contribution in [3.05, 3.63) is 35.7 Å². The molecular weight excluding hydrogens is 399 g/mol. The second-order valence-electron chi connectivity index (χ2n) is 6.36. The molecule has 0 unspecified atom stereocenters. The van der Waals surface area contributed by atoms with Crippen molar-refractivity contribution < 1.29 is 22.7 Å². The second-order valence-corrected chi connectivity index (χ2v) is 6.36. The van der Waals surface area contributed by atoms with Gasteiger partial charge in [0.05, 0.1) is 6.42 Å². The third-order valence-corrected chi connectivity index (χ3v) is 4.26. The van der Waals surface area contributed by atoms with Crippen LogP contribution in [0.15, 0.2) is 24.3 Å². The summed E-state index contributed by atoms with van der Waals surface area (Å²) in [7, 11) is 1.70. The number of alkyl halides is 3. The summed E-state index contributed by atoms with van der Waals surface area (Å²) >= 11 is 0. The lowest BCUT2D eigenvalue weighted by atomic mass is 9.98. The molecule has 1 aromatic carbocycles. The lowest BCUT2D eigenvalue weighted by Crippen LogP contribution is -2.27. The first-order chi connectivity index (χ1) is 12.8. The minimum absolute atomic E-state index is 0. The fourth-order valence-electron chi connectivity index (χ4n) is 2.93. The molecule has 1 amide bonds. The van der Waals surface area contributed by atoms with E-state index >= 15 is 0 Å². The average Bonchev–Trinajstić information content (AvgIpc) is 2.97. The summed E-state index contributed by atoms with van der Waals surface area (Å²) in [6.45, 7) is 1.83. The molecule has 2 aromatic rings. The molecule has 0 saturated carbocycles. The third kappa shape index (κ3) is 6.10. The van der Waals surface area contributed by atoms with Gasteiger partial charge in [-0.05, 0) is 43.6 Å².